The molecule has 0 aromatic rings. The molecule has 0 radical (unpaired) electrons. The second-order valence-corrected chi connectivity index (χ2v) is 3.90. The van der Waals surface area contributed by atoms with Gasteiger partial charge >= 0.3 is 12.0 Å². The fourth-order valence-corrected chi connectivity index (χ4v) is 1.94. The SMILES string of the molecule is CCNC(=O)NC1CCCC(C(=O)O)C1. The van der Waals surface area contributed by atoms with E-state index in [9.17, 15) is 9.59 Å². The van der Waals surface area contributed by atoms with E-state index < -0.39 is 5.97 Å². The van der Waals surface area contributed by atoms with Crippen LogP contribution in [0.3, 0.4) is 0 Å². The van der Waals surface area contributed by atoms with Crippen molar-refractivity contribution in [3.8, 4) is 0 Å². The third-order valence-electron chi connectivity index (χ3n) is 2.70. The number of hydrogen-bond acceptors (Lipinski definition) is 2. The Morgan fingerprint density at radius 3 is 2.73 bits per heavy atom. The lowest BCUT2D eigenvalue weighted by Gasteiger charge is -2.27. The van der Waals surface area contributed by atoms with Gasteiger partial charge in [0.15, 0.2) is 0 Å². The van der Waals surface area contributed by atoms with E-state index in [2.05, 4.69) is 10.6 Å². The lowest BCUT2D eigenvalue weighted by molar-refractivity contribution is -0.143. The van der Waals surface area contributed by atoms with Crippen LogP contribution in [0.4, 0.5) is 4.79 Å². The Morgan fingerprint density at radius 2 is 2.13 bits per heavy atom. The number of nitrogens with one attached hydrogen (secondary N) is 2. The van der Waals surface area contributed by atoms with Crippen molar-refractivity contribution >= 4 is 12.0 Å². The van der Waals surface area contributed by atoms with Crippen LogP contribution in [-0.4, -0.2) is 29.7 Å². The first-order chi connectivity index (χ1) is 7.13. The summed E-state index contributed by atoms with van der Waals surface area (Å²) in [6.45, 7) is 2.43. The third kappa shape index (κ3) is 3.77. The maximum absolute atomic E-state index is 11.2. The molecule has 0 aromatic heterocycles. The van der Waals surface area contributed by atoms with E-state index in [1.54, 1.807) is 0 Å². The van der Waals surface area contributed by atoms with Crippen molar-refractivity contribution in [3.63, 3.8) is 0 Å². The predicted octanol–water partition coefficient (Wildman–Crippen LogP) is 0.949. The molecule has 15 heavy (non-hydrogen) atoms. The summed E-state index contributed by atoms with van der Waals surface area (Å²) in [6.07, 6.45) is 3.02. The zero-order valence-corrected chi connectivity index (χ0v) is 8.95. The van der Waals surface area contributed by atoms with E-state index in [4.69, 9.17) is 5.11 Å². The lowest BCUT2D eigenvalue weighted by Crippen LogP contribution is -2.44. The first-order valence-corrected chi connectivity index (χ1v) is 5.40. The minimum absolute atomic E-state index is 0.00593. The van der Waals surface area contributed by atoms with Crippen LogP contribution < -0.4 is 10.6 Å². The van der Waals surface area contributed by atoms with Gasteiger partial charge in [-0.2, -0.15) is 0 Å². The van der Waals surface area contributed by atoms with Gasteiger partial charge in [0.25, 0.3) is 0 Å². The summed E-state index contributed by atoms with van der Waals surface area (Å²) < 4.78 is 0. The summed E-state index contributed by atoms with van der Waals surface area (Å²) in [5, 5.41) is 14.3. The van der Waals surface area contributed by atoms with Crippen molar-refractivity contribution < 1.29 is 14.7 Å². The van der Waals surface area contributed by atoms with Crippen LogP contribution in [0.15, 0.2) is 0 Å². The van der Waals surface area contributed by atoms with Crippen LogP contribution in [0.2, 0.25) is 0 Å². The lowest BCUT2D eigenvalue weighted by atomic mass is 9.86. The van der Waals surface area contributed by atoms with E-state index in [-0.39, 0.29) is 18.0 Å². The quantitative estimate of drug-likeness (QED) is 0.654. The molecule has 0 aromatic carbocycles. The zero-order valence-electron chi connectivity index (χ0n) is 8.95. The highest BCUT2D eigenvalue weighted by Gasteiger charge is 2.27. The van der Waals surface area contributed by atoms with Crippen molar-refractivity contribution in [1.82, 2.24) is 10.6 Å². The molecule has 3 N–H and O–H groups in total. The summed E-state index contributed by atoms with van der Waals surface area (Å²) in [5.41, 5.74) is 0. The van der Waals surface area contributed by atoms with Gasteiger partial charge in [-0.1, -0.05) is 6.42 Å². The Bertz CT molecular complexity index is 243. The molecule has 2 unspecified atom stereocenters. The Labute approximate surface area is 89.2 Å². The van der Waals surface area contributed by atoms with Crippen LogP contribution in [0.25, 0.3) is 0 Å². The largest absolute Gasteiger partial charge is 0.481 e. The number of carbonyl (C=O) groups is 2. The van der Waals surface area contributed by atoms with Crippen LogP contribution in [0.1, 0.15) is 32.6 Å². The van der Waals surface area contributed by atoms with E-state index in [1.165, 1.54) is 0 Å². The molecule has 2 amide bonds. The fraction of sp³-hybridized carbons (Fsp3) is 0.800. The van der Waals surface area contributed by atoms with E-state index >= 15 is 0 Å². The summed E-state index contributed by atoms with van der Waals surface area (Å²) >= 11 is 0. The maximum Gasteiger partial charge on any atom is 0.314 e. The predicted molar refractivity (Wildman–Crippen MR) is 55.6 cm³/mol. The van der Waals surface area contributed by atoms with Crippen LogP contribution >= 0.6 is 0 Å². The Balaban J connectivity index is 2.36. The molecule has 86 valence electrons. The molecule has 2 atom stereocenters. The number of rotatable bonds is 3. The first-order valence-electron chi connectivity index (χ1n) is 5.40. The summed E-state index contributed by atoms with van der Waals surface area (Å²) in [6, 6.07) is -0.195. The van der Waals surface area contributed by atoms with Gasteiger partial charge < -0.3 is 15.7 Å². The maximum atomic E-state index is 11.2. The van der Waals surface area contributed by atoms with Crippen molar-refractivity contribution in [2.45, 2.75) is 38.6 Å². The number of urea groups is 1. The Hall–Kier alpha value is -1.26. The highest BCUT2D eigenvalue weighted by atomic mass is 16.4. The van der Waals surface area contributed by atoms with Gasteiger partial charge in [-0.05, 0) is 26.2 Å². The molecule has 5 nitrogen and oxygen atoms in total. The Kier molecular flexibility index (Phi) is 4.39. The van der Waals surface area contributed by atoms with Gasteiger partial charge in [-0.25, -0.2) is 4.79 Å². The summed E-state index contributed by atoms with van der Waals surface area (Å²) in [4.78, 5) is 22.0. The second kappa shape index (κ2) is 5.58. The topological polar surface area (TPSA) is 78.4 Å². The smallest absolute Gasteiger partial charge is 0.314 e. The zero-order chi connectivity index (χ0) is 11.3. The highest BCUT2D eigenvalue weighted by molar-refractivity contribution is 5.74. The molecule has 1 aliphatic carbocycles. The molecular formula is C10H18N2O3. The van der Waals surface area contributed by atoms with Crippen molar-refractivity contribution in [1.29, 1.82) is 0 Å². The molecule has 1 aliphatic rings. The van der Waals surface area contributed by atoms with Gasteiger partial charge in [0.05, 0.1) is 5.92 Å². The van der Waals surface area contributed by atoms with Gasteiger partial charge in [-0.15, -0.1) is 0 Å². The van der Waals surface area contributed by atoms with Crippen molar-refractivity contribution in [3.05, 3.63) is 0 Å². The number of amides is 2. The minimum Gasteiger partial charge on any atom is -0.481 e. The monoisotopic (exact) mass is 214 g/mol. The average Bonchev–Trinajstić information content (AvgIpc) is 2.18. The molecule has 5 heteroatoms. The normalized spacial score (nSPS) is 25.7. The molecule has 1 rings (SSSR count). The van der Waals surface area contributed by atoms with Gasteiger partial charge in [0.2, 0.25) is 0 Å². The van der Waals surface area contributed by atoms with E-state index in [0.717, 1.165) is 19.3 Å². The molecule has 0 bridgehead atoms. The number of carboxylic acid groups (broad SMARTS) is 1. The number of carbonyl (C=O) groups excluding carboxylic acids is 1. The number of aliphatic carboxylic acids is 1. The molecule has 0 aliphatic heterocycles. The number of carboxylic acids is 1. The summed E-state index contributed by atoms with van der Waals surface area (Å²) in [5.74, 6) is -1.05. The molecule has 0 spiro atoms. The van der Waals surface area contributed by atoms with Gasteiger partial charge in [-0.3, -0.25) is 4.79 Å². The van der Waals surface area contributed by atoms with Crippen LogP contribution in [-0.2, 0) is 4.79 Å². The average molecular weight is 214 g/mol. The van der Waals surface area contributed by atoms with E-state index in [1.807, 2.05) is 6.92 Å². The molecule has 1 saturated carbocycles. The minimum atomic E-state index is -0.752. The fourth-order valence-electron chi connectivity index (χ4n) is 1.94. The standard InChI is InChI=1S/C10H18N2O3/c1-2-11-10(15)12-8-5-3-4-7(6-8)9(13)14/h7-8H,2-6H2,1H3,(H,13,14)(H2,11,12,15). The van der Waals surface area contributed by atoms with Crippen molar-refractivity contribution in [2.24, 2.45) is 5.92 Å². The third-order valence-corrected chi connectivity index (χ3v) is 2.70. The highest BCUT2D eigenvalue weighted by Crippen LogP contribution is 2.24. The molecule has 1 fully saturated rings. The molecular weight excluding hydrogens is 196 g/mol. The van der Waals surface area contributed by atoms with Gasteiger partial charge in [0, 0.05) is 12.6 Å². The Morgan fingerprint density at radius 1 is 1.40 bits per heavy atom. The first kappa shape index (κ1) is 11.8. The molecule has 0 heterocycles. The van der Waals surface area contributed by atoms with Crippen LogP contribution in [0.5, 0.6) is 0 Å². The summed E-state index contributed by atoms with van der Waals surface area (Å²) in [7, 11) is 0. The van der Waals surface area contributed by atoms with Gasteiger partial charge in [0.1, 0.15) is 0 Å². The van der Waals surface area contributed by atoms with Crippen molar-refractivity contribution in [2.75, 3.05) is 6.54 Å². The molecule has 0 saturated heterocycles. The van der Waals surface area contributed by atoms with Crippen LogP contribution in [0, 0.1) is 5.92 Å². The van der Waals surface area contributed by atoms with E-state index in [0.29, 0.717) is 13.0 Å². The number of hydrogen-bond donors (Lipinski definition) is 3. The second-order valence-electron chi connectivity index (χ2n) is 3.90.